The quantitative estimate of drug-likeness (QED) is 0.418. The third-order valence-corrected chi connectivity index (χ3v) is 6.51. The lowest BCUT2D eigenvalue weighted by molar-refractivity contribution is -0.144. The summed E-state index contributed by atoms with van der Waals surface area (Å²) in [6, 6.07) is 14.1. The summed E-state index contributed by atoms with van der Waals surface area (Å²) in [7, 11) is -1.07. The molecule has 1 aliphatic rings. The Labute approximate surface area is 187 Å². The number of methoxy groups -OCH3 is 1. The number of sulfonamides is 1. The van der Waals surface area contributed by atoms with Crippen LogP contribution >= 0.6 is 0 Å². The van der Waals surface area contributed by atoms with Crippen molar-refractivity contribution < 1.29 is 27.5 Å². The molecule has 1 aliphatic carbocycles. The molecule has 0 spiro atoms. The highest BCUT2D eigenvalue weighted by Crippen LogP contribution is 2.40. The number of carbonyl (C=O) groups excluding carboxylic acids is 2. The van der Waals surface area contributed by atoms with Gasteiger partial charge in [0.25, 0.3) is 5.91 Å². The van der Waals surface area contributed by atoms with Gasteiger partial charge in [0.05, 0.1) is 13.2 Å². The molecule has 1 fully saturated rings. The van der Waals surface area contributed by atoms with Gasteiger partial charge in [-0.1, -0.05) is 36.4 Å². The zero-order valence-electron chi connectivity index (χ0n) is 17.9. The summed E-state index contributed by atoms with van der Waals surface area (Å²) in [5.41, 5.74) is 1.49. The van der Waals surface area contributed by atoms with E-state index in [1.165, 1.54) is 32.4 Å². The molecule has 0 aliphatic heterocycles. The number of ether oxygens (including phenoxy) is 2. The monoisotopic (exact) mass is 458 g/mol. The average Bonchev–Trinajstić information content (AvgIpc) is 3.65. The van der Waals surface area contributed by atoms with Gasteiger partial charge in [0, 0.05) is 6.08 Å². The van der Waals surface area contributed by atoms with Crippen LogP contribution in [0, 0.1) is 5.92 Å². The SMILES string of the molecule is CNS(=O)(=O)c1cc(/C=C/C(=O)OCC(=O)NC(c2ccccc2)C2CC2)ccc1OC. The Hall–Kier alpha value is -3.17. The molecule has 1 atom stereocenters. The van der Waals surface area contributed by atoms with Crippen LogP contribution in [0.1, 0.15) is 30.0 Å². The maximum Gasteiger partial charge on any atom is 0.331 e. The highest BCUT2D eigenvalue weighted by Gasteiger charge is 2.33. The Bertz CT molecular complexity index is 1090. The predicted octanol–water partition coefficient (Wildman–Crippen LogP) is 2.43. The van der Waals surface area contributed by atoms with Gasteiger partial charge in [-0.3, -0.25) is 4.79 Å². The standard InChI is InChI=1S/C23H26N2O6S/c1-24-32(28,29)20-14-16(8-12-19(20)30-2)9-13-22(27)31-15-21(26)25-23(18-10-11-18)17-6-4-3-5-7-17/h3-9,12-14,18,23-24H,10-11,15H2,1-2H3,(H,25,26)/b13-9+. The van der Waals surface area contributed by atoms with Crippen LogP contribution in [0.2, 0.25) is 0 Å². The molecule has 2 aromatic rings. The first kappa shape index (κ1) is 23.5. The molecular weight excluding hydrogens is 432 g/mol. The fourth-order valence-corrected chi connectivity index (χ4v) is 4.17. The fraction of sp³-hybridized carbons (Fsp3) is 0.304. The summed E-state index contributed by atoms with van der Waals surface area (Å²) in [6.45, 7) is -0.402. The smallest absolute Gasteiger partial charge is 0.331 e. The van der Waals surface area contributed by atoms with E-state index in [9.17, 15) is 18.0 Å². The average molecular weight is 459 g/mol. The maximum atomic E-state index is 12.3. The molecule has 0 bridgehead atoms. The third-order valence-electron chi connectivity index (χ3n) is 5.07. The van der Waals surface area contributed by atoms with E-state index in [0.29, 0.717) is 11.5 Å². The molecule has 0 saturated heterocycles. The van der Waals surface area contributed by atoms with Crippen molar-refractivity contribution in [3.8, 4) is 5.75 Å². The molecular formula is C23H26N2O6S. The molecule has 170 valence electrons. The first-order chi connectivity index (χ1) is 15.3. The second kappa shape index (κ2) is 10.4. The Balaban J connectivity index is 1.57. The van der Waals surface area contributed by atoms with E-state index in [2.05, 4.69) is 10.0 Å². The van der Waals surface area contributed by atoms with Gasteiger partial charge in [0.1, 0.15) is 10.6 Å². The highest BCUT2D eigenvalue weighted by atomic mass is 32.2. The lowest BCUT2D eigenvalue weighted by atomic mass is 10.0. The minimum Gasteiger partial charge on any atom is -0.495 e. The van der Waals surface area contributed by atoms with E-state index >= 15 is 0 Å². The van der Waals surface area contributed by atoms with Crippen LogP contribution in [0.15, 0.2) is 59.5 Å². The molecule has 2 N–H and O–H groups in total. The first-order valence-electron chi connectivity index (χ1n) is 10.1. The fourth-order valence-electron chi connectivity index (χ4n) is 3.24. The zero-order valence-corrected chi connectivity index (χ0v) is 18.7. The molecule has 9 heteroatoms. The molecule has 3 rings (SSSR count). The third kappa shape index (κ3) is 6.18. The molecule has 2 aromatic carbocycles. The van der Waals surface area contributed by atoms with Crippen LogP contribution < -0.4 is 14.8 Å². The van der Waals surface area contributed by atoms with Crippen LogP contribution in [0.25, 0.3) is 6.08 Å². The van der Waals surface area contributed by atoms with Crippen molar-refractivity contribution in [2.24, 2.45) is 5.92 Å². The number of hydrogen-bond acceptors (Lipinski definition) is 6. The number of amides is 1. The summed E-state index contributed by atoms with van der Waals surface area (Å²) in [4.78, 5) is 24.3. The number of hydrogen-bond donors (Lipinski definition) is 2. The summed E-state index contributed by atoms with van der Waals surface area (Å²) >= 11 is 0. The van der Waals surface area contributed by atoms with Gasteiger partial charge in [0.15, 0.2) is 6.61 Å². The predicted molar refractivity (Wildman–Crippen MR) is 119 cm³/mol. The Morgan fingerprint density at radius 1 is 1.16 bits per heavy atom. The molecule has 0 aromatic heterocycles. The minimum absolute atomic E-state index is 0.0515. The molecule has 0 radical (unpaired) electrons. The number of rotatable bonds is 10. The van der Waals surface area contributed by atoms with Crippen LogP contribution in [0.5, 0.6) is 5.75 Å². The van der Waals surface area contributed by atoms with Crippen LogP contribution in [0.3, 0.4) is 0 Å². The molecule has 32 heavy (non-hydrogen) atoms. The minimum atomic E-state index is -3.74. The van der Waals surface area contributed by atoms with Gasteiger partial charge in [-0.2, -0.15) is 0 Å². The van der Waals surface area contributed by atoms with Crippen molar-refractivity contribution in [2.45, 2.75) is 23.8 Å². The van der Waals surface area contributed by atoms with E-state index in [-0.39, 0.29) is 22.6 Å². The van der Waals surface area contributed by atoms with Gasteiger partial charge < -0.3 is 14.8 Å². The molecule has 0 heterocycles. The van der Waals surface area contributed by atoms with Crippen molar-refractivity contribution in [1.82, 2.24) is 10.0 Å². The van der Waals surface area contributed by atoms with Crippen LogP contribution in [-0.2, 0) is 24.3 Å². The van der Waals surface area contributed by atoms with E-state index in [0.717, 1.165) is 24.5 Å². The van der Waals surface area contributed by atoms with Gasteiger partial charge in [-0.15, -0.1) is 0 Å². The molecule has 1 unspecified atom stereocenters. The van der Waals surface area contributed by atoms with Crippen molar-refractivity contribution in [3.63, 3.8) is 0 Å². The summed E-state index contributed by atoms with van der Waals surface area (Å²) in [6.07, 6.45) is 4.65. The first-order valence-corrected chi connectivity index (χ1v) is 11.6. The van der Waals surface area contributed by atoms with Gasteiger partial charge in [-0.25, -0.2) is 17.9 Å². The van der Waals surface area contributed by atoms with E-state index in [1.807, 2.05) is 30.3 Å². The van der Waals surface area contributed by atoms with Crippen molar-refractivity contribution in [1.29, 1.82) is 0 Å². The number of benzene rings is 2. The van der Waals surface area contributed by atoms with Gasteiger partial charge >= 0.3 is 5.97 Å². The molecule has 1 saturated carbocycles. The zero-order chi connectivity index (χ0) is 23.1. The van der Waals surface area contributed by atoms with Crippen molar-refractivity contribution >= 4 is 28.0 Å². The Kier molecular flexibility index (Phi) is 7.66. The topological polar surface area (TPSA) is 111 Å². The van der Waals surface area contributed by atoms with Crippen LogP contribution in [0.4, 0.5) is 0 Å². The molecule has 8 nitrogen and oxygen atoms in total. The van der Waals surface area contributed by atoms with E-state index in [1.54, 1.807) is 6.07 Å². The summed E-state index contributed by atoms with van der Waals surface area (Å²) < 4.78 is 36.6. The highest BCUT2D eigenvalue weighted by molar-refractivity contribution is 7.89. The Morgan fingerprint density at radius 3 is 2.50 bits per heavy atom. The van der Waals surface area contributed by atoms with E-state index < -0.39 is 22.6 Å². The molecule has 1 amide bonds. The lowest BCUT2D eigenvalue weighted by Gasteiger charge is -2.18. The summed E-state index contributed by atoms with van der Waals surface area (Å²) in [5, 5.41) is 2.94. The largest absolute Gasteiger partial charge is 0.495 e. The summed E-state index contributed by atoms with van der Waals surface area (Å²) in [5.74, 6) is -0.509. The maximum absolute atomic E-state index is 12.3. The Morgan fingerprint density at radius 2 is 1.88 bits per heavy atom. The normalized spacial score (nSPS) is 14.7. The van der Waals surface area contributed by atoms with E-state index in [4.69, 9.17) is 9.47 Å². The van der Waals surface area contributed by atoms with Gasteiger partial charge in [-0.05, 0) is 55.1 Å². The number of esters is 1. The number of carbonyl (C=O) groups is 2. The van der Waals surface area contributed by atoms with Gasteiger partial charge in [0.2, 0.25) is 10.0 Å². The second-order valence-corrected chi connectivity index (χ2v) is 9.21. The lowest BCUT2D eigenvalue weighted by Crippen LogP contribution is -2.33. The van der Waals surface area contributed by atoms with Crippen LogP contribution in [-0.4, -0.2) is 41.1 Å². The van der Waals surface area contributed by atoms with Crippen molar-refractivity contribution in [3.05, 3.63) is 65.7 Å². The second-order valence-electron chi connectivity index (χ2n) is 7.35. The van der Waals surface area contributed by atoms with Crippen molar-refractivity contribution in [2.75, 3.05) is 20.8 Å². The number of nitrogens with one attached hydrogen (secondary N) is 2.